The van der Waals surface area contributed by atoms with Crippen LogP contribution in [-0.2, 0) is 26.2 Å². The molecule has 0 bridgehead atoms. The standard InChI is InChI=1S/C24H32ClN3O4S/c1-5-26-24(30)19(3)27(17-20-13-11-18(2)12-14-20)23(29)10-7-15-28(33(4,31)32)22-9-6-8-21(25)16-22/h6,8-9,11-14,16,19H,5,7,10,15,17H2,1-4H3,(H,26,30). The van der Waals surface area contributed by atoms with Crippen molar-refractivity contribution >= 4 is 39.1 Å². The molecule has 0 saturated heterocycles. The molecule has 0 radical (unpaired) electrons. The summed E-state index contributed by atoms with van der Waals surface area (Å²) in [4.78, 5) is 27.1. The number of rotatable bonds is 11. The maximum absolute atomic E-state index is 13.1. The first-order valence-electron chi connectivity index (χ1n) is 10.9. The molecule has 0 saturated carbocycles. The lowest BCUT2D eigenvalue weighted by Gasteiger charge is -2.29. The first kappa shape index (κ1) is 26.7. The average molecular weight is 494 g/mol. The van der Waals surface area contributed by atoms with E-state index >= 15 is 0 Å². The Bertz CT molecular complexity index is 1060. The van der Waals surface area contributed by atoms with E-state index in [1.807, 2.05) is 38.1 Å². The molecule has 0 aliphatic rings. The highest BCUT2D eigenvalue weighted by molar-refractivity contribution is 7.92. The molecule has 0 heterocycles. The number of nitrogens with zero attached hydrogens (tertiary/aromatic N) is 2. The van der Waals surface area contributed by atoms with E-state index in [0.717, 1.165) is 17.4 Å². The van der Waals surface area contributed by atoms with Crippen LogP contribution < -0.4 is 9.62 Å². The first-order valence-corrected chi connectivity index (χ1v) is 13.1. The number of aryl methyl sites for hydroxylation is 1. The predicted molar refractivity (Wildman–Crippen MR) is 133 cm³/mol. The molecule has 0 aliphatic heterocycles. The molecule has 0 aliphatic carbocycles. The van der Waals surface area contributed by atoms with Crippen LogP contribution in [0.15, 0.2) is 48.5 Å². The smallest absolute Gasteiger partial charge is 0.242 e. The molecule has 2 aromatic carbocycles. The Balaban J connectivity index is 2.14. The van der Waals surface area contributed by atoms with Gasteiger partial charge in [-0.15, -0.1) is 0 Å². The van der Waals surface area contributed by atoms with Crippen LogP contribution in [0.5, 0.6) is 0 Å². The average Bonchev–Trinajstić information content (AvgIpc) is 2.75. The van der Waals surface area contributed by atoms with E-state index in [2.05, 4.69) is 5.32 Å². The van der Waals surface area contributed by atoms with Crippen LogP contribution in [0.4, 0.5) is 5.69 Å². The zero-order chi connectivity index (χ0) is 24.6. The van der Waals surface area contributed by atoms with Crippen LogP contribution in [0.25, 0.3) is 0 Å². The van der Waals surface area contributed by atoms with E-state index in [9.17, 15) is 18.0 Å². The summed E-state index contributed by atoms with van der Waals surface area (Å²) in [5.74, 6) is -0.441. The number of sulfonamides is 1. The summed E-state index contributed by atoms with van der Waals surface area (Å²) >= 11 is 6.02. The molecule has 0 fully saturated rings. The number of carbonyl (C=O) groups is 2. The minimum atomic E-state index is -3.56. The number of nitrogens with one attached hydrogen (secondary N) is 1. The summed E-state index contributed by atoms with van der Waals surface area (Å²) in [5.41, 5.74) is 2.47. The van der Waals surface area contributed by atoms with Gasteiger partial charge < -0.3 is 10.2 Å². The molecular formula is C24H32ClN3O4S. The molecule has 0 aromatic heterocycles. The quantitative estimate of drug-likeness (QED) is 0.516. The number of likely N-dealkylation sites (N-methyl/N-ethyl adjacent to an activating group) is 1. The van der Waals surface area contributed by atoms with Gasteiger partial charge in [0, 0.05) is 31.1 Å². The number of hydrogen-bond donors (Lipinski definition) is 1. The van der Waals surface area contributed by atoms with E-state index < -0.39 is 16.1 Å². The molecule has 0 spiro atoms. The van der Waals surface area contributed by atoms with Crippen molar-refractivity contribution in [2.75, 3.05) is 23.7 Å². The molecule has 180 valence electrons. The Morgan fingerprint density at radius 1 is 1.12 bits per heavy atom. The molecule has 2 rings (SSSR count). The van der Waals surface area contributed by atoms with E-state index in [4.69, 9.17) is 11.6 Å². The monoisotopic (exact) mass is 493 g/mol. The van der Waals surface area contributed by atoms with Crippen LogP contribution in [0.1, 0.15) is 37.8 Å². The van der Waals surface area contributed by atoms with Crippen molar-refractivity contribution in [2.45, 2.75) is 46.2 Å². The van der Waals surface area contributed by atoms with Gasteiger partial charge in [-0.05, 0) is 51.0 Å². The van der Waals surface area contributed by atoms with Gasteiger partial charge in [0.15, 0.2) is 0 Å². The zero-order valence-electron chi connectivity index (χ0n) is 19.5. The Hall–Kier alpha value is -2.58. The van der Waals surface area contributed by atoms with Crippen molar-refractivity contribution in [2.24, 2.45) is 0 Å². The van der Waals surface area contributed by atoms with Crippen molar-refractivity contribution in [3.63, 3.8) is 0 Å². The molecule has 2 aromatic rings. The molecule has 1 N–H and O–H groups in total. The fourth-order valence-electron chi connectivity index (χ4n) is 3.43. The van der Waals surface area contributed by atoms with Gasteiger partial charge in [0.05, 0.1) is 11.9 Å². The second-order valence-electron chi connectivity index (χ2n) is 8.00. The fraction of sp³-hybridized carbons (Fsp3) is 0.417. The largest absolute Gasteiger partial charge is 0.355 e. The van der Waals surface area contributed by atoms with E-state index in [1.165, 1.54) is 4.31 Å². The second kappa shape index (κ2) is 12.0. The molecule has 1 unspecified atom stereocenters. The Morgan fingerprint density at radius 3 is 2.36 bits per heavy atom. The minimum Gasteiger partial charge on any atom is -0.355 e. The van der Waals surface area contributed by atoms with Crippen molar-refractivity contribution < 1.29 is 18.0 Å². The molecule has 33 heavy (non-hydrogen) atoms. The summed E-state index contributed by atoms with van der Waals surface area (Å²) in [7, 11) is -3.56. The summed E-state index contributed by atoms with van der Waals surface area (Å²) in [6, 6.07) is 13.7. The fourth-order valence-corrected chi connectivity index (χ4v) is 4.57. The van der Waals surface area contributed by atoms with Crippen molar-refractivity contribution in [1.82, 2.24) is 10.2 Å². The van der Waals surface area contributed by atoms with Crippen molar-refractivity contribution in [1.29, 1.82) is 0 Å². The molecule has 9 heteroatoms. The molecule has 1 atom stereocenters. The maximum Gasteiger partial charge on any atom is 0.242 e. The lowest BCUT2D eigenvalue weighted by atomic mass is 10.1. The zero-order valence-corrected chi connectivity index (χ0v) is 21.1. The van der Waals surface area contributed by atoms with E-state index in [0.29, 0.717) is 30.2 Å². The number of halogens is 1. The van der Waals surface area contributed by atoms with Crippen molar-refractivity contribution in [3.8, 4) is 0 Å². The third kappa shape index (κ3) is 8.05. The highest BCUT2D eigenvalue weighted by Crippen LogP contribution is 2.22. The van der Waals surface area contributed by atoms with Gasteiger partial charge >= 0.3 is 0 Å². The second-order valence-corrected chi connectivity index (χ2v) is 10.3. The van der Waals surface area contributed by atoms with Gasteiger partial charge in [-0.2, -0.15) is 0 Å². The van der Waals surface area contributed by atoms with Gasteiger partial charge in [-0.1, -0.05) is 47.5 Å². The Labute approximate surface area is 201 Å². The van der Waals surface area contributed by atoms with Crippen LogP contribution >= 0.6 is 11.6 Å². The lowest BCUT2D eigenvalue weighted by Crippen LogP contribution is -2.47. The van der Waals surface area contributed by atoms with Crippen LogP contribution in [0, 0.1) is 6.92 Å². The maximum atomic E-state index is 13.1. The Kier molecular flexibility index (Phi) is 9.73. The highest BCUT2D eigenvalue weighted by atomic mass is 35.5. The molecule has 2 amide bonds. The third-order valence-electron chi connectivity index (χ3n) is 5.24. The van der Waals surface area contributed by atoms with Gasteiger partial charge in [-0.25, -0.2) is 8.42 Å². The van der Waals surface area contributed by atoms with Gasteiger partial charge in [0.1, 0.15) is 6.04 Å². The normalized spacial score (nSPS) is 12.2. The van der Waals surface area contributed by atoms with Gasteiger partial charge in [0.2, 0.25) is 21.8 Å². The minimum absolute atomic E-state index is 0.0994. The summed E-state index contributed by atoms with van der Waals surface area (Å²) < 4.78 is 25.9. The van der Waals surface area contributed by atoms with Gasteiger partial charge in [-0.3, -0.25) is 13.9 Å². The summed E-state index contributed by atoms with van der Waals surface area (Å²) in [6.07, 6.45) is 1.52. The van der Waals surface area contributed by atoms with Crippen LogP contribution in [-0.4, -0.2) is 50.5 Å². The van der Waals surface area contributed by atoms with Crippen LogP contribution in [0.2, 0.25) is 5.02 Å². The molecular weight excluding hydrogens is 462 g/mol. The number of carbonyl (C=O) groups excluding carboxylic acids is 2. The summed E-state index contributed by atoms with van der Waals surface area (Å²) in [6.45, 7) is 6.40. The number of amides is 2. The molecule has 7 nitrogen and oxygen atoms in total. The van der Waals surface area contributed by atoms with E-state index in [1.54, 1.807) is 36.1 Å². The summed E-state index contributed by atoms with van der Waals surface area (Å²) in [5, 5.41) is 3.19. The lowest BCUT2D eigenvalue weighted by molar-refractivity contribution is -0.140. The number of anilines is 1. The van der Waals surface area contributed by atoms with Crippen molar-refractivity contribution in [3.05, 3.63) is 64.7 Å². The predicted octanol–water partition coefficient (Wildman–Crippen LogP) is 3.75. The van der Waals surface area contributed by atoms with Crippen LogP contribution in [0.3, 0.4) is 0 Å². The topological polar surface area (TPSA) is 86.8 Å². The number of hydrogen-bond acceptors (Lipinski definition) is 4. The number of benzene rings is 2. The SMILES string of the molecule is CCNC(=O)C(C)N(Cc1ccc(C)cc1)C(=O)CCCN(c1cccc(Cl)c1)S(C)(=O)=O. The third-order valence-corrected chi connectivity index (χ3v) is 6.67. The van der Waals surface area contributed by atoms with Gasteiger partial charge in [0.25, 0.3) is 0 Å². The first-order chi connectivity index (χ1) is 15.5. The van der Waals surface area contributed by atoms with E-state index in [-0.39, 0.29) is 24.8 Å². The highest BCUT2D eigenvalue weighted by Gasteiger charge is 2.26. The Morgan fingerprint density at radius 2 is 1.79 bits per heavy atom.